The summed E-state index contributed by atoms with van der Waals surface area (Å²) in [7, 11) is 0. The van der Waals surface area contributed by atoms with Crippen LogP contribution in [0.5, 0.6) is 0 Å². The molecule has 3 nitrogen and oxygen atoms in total. The zero-order valence-corrected chi connectivity index (χ0v) is 13.0. The number of aromatic nitrogens is 2. The third-order valence-electron chi connectivity index (χ3n) is 3.33. The maximum absolute atomic E-state index is 6.23. The zero-order valence-electron chi connectivity index (χ0n) is 12.3. The number of anilines is 1. The monoisotopic (exact) mass is 269 g/mol. The van der Waals surface area contributed by atoms with Gasteiger partial charge in [-0.1, -0.05) is 32.4 Å². The predicted octanol–water partition coefficient (Wildman–Crippen LogP) is 4.19. The van der Waals surface area contributed by atoms with E-state index in [2.05, 4.69) is 44.5 Å². The van der Waals surface area contributed by atoms with Crippen molar-refractivity contribution in [3.8, 4) is 0 Å². The molecule has 0 aliphatic carbocycles. The lowest BCUT2D eigenvalue weighted by atomic mass is 10.1. The van der Waals surface area contributed by atoms with Crippen molar-refractivity contribution in [2.24, 2.45) is 0 Å². The zero-order chi connectivity index (χ0) is 13.9. The highest BCUT2D eigenvalue weighted by molar-refractivity contribution is 6.30. The van der Waals surface area contributed by atoms with E-state index < -0.39 is 0 Å². The van der Waals surface area contributed by atoms with Crippen molar-refractivity contribution in [2.75, 3.05) is 11.4 Å². The van der Waals surface area contributed by atoms with E-state index in [4.69, 9.17) is 16.6 Å². The van der Waals surface area contributed by atoms with Gasteiger partial charge in [-0.15, -0.1) is 0 Å². The van der Waals surface area contributed by atoms with Gasteiger partial charge in [0.15, 0.2) is 0 Å². The van der Waals surface area contributed by atoms with Crippen molar-refractivity contribution in [2.45, 2.75) is 59.9 Å². The molecule has 0 bridgehead atoms. The van der Waals surface area contributed by atoms with Gasteiger partial charge in [-0.2, -0.15) is 0 Å². The molecule has 1 aromatic heterocycles. The minimum absolute atomic E-state index is 0.289. The van der Waals surface area contributed by atoms with E-state index in [1.165, 1.54) is 0 Å². The predicted molar refractivity (Wildman–Crippen MR) is 78.6 cm³/mol. The van der Waals surface area contributed by atoms with Crippen LogP contribution in [0.2, 0.25) is 5.15 Å². The van der Waals surface area contributed by atoms with Crippen LogP contribution < -0.4 is 4.90 Å². The summed E-state index contributed by atoms with van der Waals surface area (Å²) in [6, 6.07) is 0.458. The Balaban J connectivity index is 3.28. The second-order valence-corrected chi connectivity index (χ2v) is 5.38. The van der Waals surface area contributed by atoms with Gasteiger partial charge >= 0.3 is 0 Å². The van der Waals surface area contributed by atoms with Crippen molar-refractivity contribution < 1.29 is 0 Å². The fourth-order valence-electron chi connectivity index (χ4n) is 1.92. The number of nitrogens with zero attached hydrogens (tertiary/aromatic N) is 3. The van der Waals surface area contributed by atoms with Gasteiger partial charge in [0.2, 0.25) is 0 Å². The molecule has 4 heteroatoms. The summed E-state index contributed by atoms with van der Waals surface area (Å²) in [4.78, 5) is 11.4. The quantitative estimate of drug-likeness (QED) is 0.751. The summed E-state index contributed by atoms with van der Waals surface area (Å²) >= 11 is 6.23. The molecule has 0 radical (unpaired) electrons. The third kappa shape index (κ3) is 3.14. The summed E-state index contributed by atoms with van der Waals surface area (Å²) in [5.74, 6) is 2.09. The molecule has 1 heterocycles. The average molecular weight is 270 g/mol. The maximum atomic E-state index is 6.23. The molecule has 1 atom stereocenters. The molecule has 18 heavy (non-hydrogen) atoms. The molecular formula is C14H24ClN3. The van der Waals surface area contributed by atoms with Crippen LogP contribution >= 0.6 is 11.6 Å². The van der Waals surface area contributed by atoms with Crippen LogP contribution in [-0.4, -0.2) is 22.6 Å². The molecule has 1 aromatic rings. The standard InChI is InChI=1S/C14H24ClN3/c1-7-10(5)18(8-2)14-11(6)12(15)16-13(17-14)9(3)4/h9-10H,7-8H2,1-6H3. The normalized spacial score (nSPS) is 12.9. The molecule has 0 aliphatic heterocycles. The molecule has 0 saturated heterocycles. The minimum atomic E-state index is 0.289. The van der Waals surface area contributed by atoms with Gasteiger partial charge in [-0.25, -0.2) is 9.97 Å². The maximum Gasteiger partial charge on any atom is 0.137 e. The second-order valence-electron chi connectivity index (χ2n) is 5.02. The summed E-state index contributed by atoms with van der Waals surface area (Å²) in [5, 5.41) is 0.574. The van der Waals surface area contributed by atoms with Gasteiger partial charge in [-0.05, 0) is 27.2 Å². The fourth-order valence-corrected chi connectivity index (χ4v) is 2.09. The Bertz CT molecular complexity index is 404. The molecular weight excluding hydrogens is 246 g/mol. The molecule has 0 spiro atoms. The van der Waals surface area contributed by atoms with Crippen LogP contribution in [0.15, 0.2) is 0 Å². The first-order valence-corrected chi connectivity index (χ1v) is 7.10. The van der Waals surface area contributed by atoms with Crippen LogP contribution in [0.1, 0.15) is 58.3 Å². The topological polar surface area (TPSA) is 29.0 Å². The Hall–Kier alpha value is -0.830. The Morgan fingerprint density at radius 1 is 1.17 bits per heavy atom. The van der Waals surface area contributed by atoms with Crippen LogP contribution in [0.25, 0.3) is 0 Å². The van der Waals surface area contributed by atoms with Gasteiger partial charge < -0.3 is 4.90 Å². The first kappa shape index (κ1) is 15.2. The molecule has 0 aliphatic rings. The van der Waals surface area contributed by atoms with E-state index in [1.807, 2.05) is 6.92 Å². The average Bonchev–Trinajstić information content (AvgIpc) is 2.34. The van der Waals surface area contributed by atoms with E-state index >= 15 is 0 Å². The Kier molecular flexibility index (Phi) is 5.39. The number of hydrogen-bond acceptors (Lipinski definition) is 3. The van der Waals surface area contributed by atoms with Crippen LogP contribution in [0, 0.1) is 6.92 Å². The molecule has 1 rings (SSSR count). The molecule has 0 aromatic carbocycles. The molecule has 0 saturated carbocycles. The lowest BCUT2D eigenvalue weighted by Gasteiger charge is -2.30. The molecule has 1 unspecified atom stereocenters. The second kappa shape index (κ2) is 6.37. The summed E-state index contributed by atoms with van der Waals surface area (Å²) in [6.07, 6.45) is 1.09. The fraction of sp³-hybridized carbons (Fsp3) is 0.714. The van der Waals surface area contributed by atoms with Crippen molar-refractivity contribution in [1.82, 2.24) is 9.97 Å². The van der Waals surface area contributed by atoms with Gasteiger partial charge in [0.25, 0.3) is 0 Å². The molecule has 102 valence electrons. The van der Waals surface area contributed by atoms with Gasteiger partial charge in [0.05, 0.1) is 0 Å². The van der Waals surface area contributed by atoms with E-state index in [1.54, 1.807) is 0 Å². The highest BCUT2D eigenvalue weighted by Gasteiger charge is 2.19. The molecule has 0 fully saturated rings. The van der Waals surface area contributed by atoms with E-state index in [0.29, 0.717) is 11.2 Å². The van der Waals surface area contributed by atoms with Gasteiger partial charge in [0.1, 0.15) is 16.8 Å². The van der Waals surface area contributed by atoms with E-state index in [0.717, 1.165) is 30.2 Å². The Morgan fingerprint density at radius 3 is 2.22 bits per heavy atom. The molecule has 0 amide bonds. The van der Waals surface area contributed by atoms with Crippen molar-refractivity contribution >= 4 is 17.4 Å². The van der Waals surface area contributed by atoms with Crippen molar-refractivity contribution in [3.05, 3.63) is 16.5 Å². The number of hydrogen-bond donors (Lipinski definition) is 0. The third-order valence-corrected chi connectivity index (χ3v) is 3.70. The van der Waals surface area contributed by atoms with Crippen LogP contribution in [0.3, 0.4) is 0 Å². The van der Waals surface area contributed by atoms with Gasteiger partial charge in [0, 0.05) is 24.1 Å². The SMILES string of the molecule is CCC(C)N(CC)c1nc(C(C)C)nc(Cl)c1C. The summed E-state index contributed by atoms with van der Waals surface area (Å²) in [6.45, 7) is 13.7. The van der Waals surface area contributed by atoms with Crippen LogP contribution in [0.4, 0.5) is 5.82 Å². The highest BCUT2D eigenvalue weighted by atomic mass is 35.5. The van der Waals surface area contributed by atoms with Crippen LogP contribution in [-0.2, 0) is 0 Å². The lowest BCUT2D eigenvalue weighted by Crippen LogP contribution is -2.34. The molecule has 0 N–H and O–H groups in total. The first-order chi connectivity index (χ1) is 8.42. The summed E-state index contributed by atoms with van der Waals surface area (Å²) in [5.41, 5.74) is 0.975. The first-order valence-electron chi connectivity index (χ1n) is 6.72. The summed E-state index contributed by atoms with van der Waals surface area (Å²) < 4.78 is 0. The van der Waals surface area contributed by atoms with E-state index in [-0.39, 0.29) is 5.92 Å². The largest absolute Gasteiger partial charge is 0.354 e. The van der Waals surface area contributed by atoms with Crippen molar-refractivity contribution in [3.63, 3.8) is 0 Å². The highest BCUT2D eigenvalue weighted by Crippen LogP contribution is 2.27. The van der Waals surface area contributed by atoms with E-state index in [9.17, 15) is 0 Å². The number of rotatable bonds is 5. The number of halogens is 1. The smallest absolute Gasteiger partial charge is 0.137 e. The Labute approximate surface area is 116 Å². The lowest BCUT2D eigenvalue weighted by molar-refractivity contribution is 0.616. The van der Waals surface area contributed by atoms with Gasteiger partial charge in [-0.3, -0.25) is 0 Å². The Morgan fingerprint density at radius 2 is 1.78 bits per heavy atom. The minimum Gasteiger partial charge on any atom is -0.354 e. The van der Waals surface area contributed by atoms with Crippen molar-refractivity contribution in [1.29, 1.82) is 0 Å².